The van der Waals surface area contributed by atoms with Crippen LogP contribution >= 0.6 is 0 Å². The molecule has 0 saturated heterocycles. The number of rotatable bonds is 4. The Morgan fingerprint density at radius 3 is 2.32 bits per heavy atom. The van der Waals surface area contributed by atoms with Gasteiger partial charge < -0.3 is 15.2 Å². The number of nitro benzene ring substituents is 1. The van der Waals surface area contributed by atoms with Crippen molar-refractivity contribution in [3.8, 4) is 0 Å². The molecular weight excluding hydrogens is 252 g/mol. The molecule has 0 saturated carbocycles. The van der Waals surface area contributed by atoms with Gasteiger partial charge in [-0.05, 0) is 37.1 Å². The summed E-state index contributed by atoms with van der Waals surface area (Å²) in [6.45, 7) is 3.45. The van der Waals surface area contributed by atoms with E-state index in [2.05, 4.69) is 5.32 Å². The highest BCUT2D eigenvalue weighted by Crippen LogP contribution is 2.27. The SMILES string of the molecule is Cc1cc(NC(=O)C=CC(=O)[O-])c([N+](=O)[O-])cc1C. The standard InChI is InChI=1S/C12H12N2O5/c1-7-5-9(10(14(18)19)6-8(7)2)13-11(15)3-4-12(16)17/h3-6H,1-2H3,(H,13,15)(H,16,17)/p-1. The first kappa shape index (κ1) is 14.4. The van der Waals surface area contributed by atoms with Gasteiger partial charge in [-0.15, -0.1) is 0 Å². The van der Waals surface area contributed by atoms with E-state index < -0.39 is 16.8 Å². The third-order valence-corrected chi connectivity index (χ3v) is 2.44. The number of nitrogens with one attached hydrogen (secondary N) is 1. The van der Waals surface area contributed by atoms with E-state index in [0.717, 1.165) is 17.2 Å². The number of carboxylic acid groups (broad SMARTS) is 1. The van der Waals surface area contributed by atoms with Crippen molar-refractivity contribution in [2.24, 2.45) is 0 Å². The molecule has 0 fully saturated rings. The van der Waals surface area contributed by atoms with Gasteiger partial charge in [0.1, 0.15) is 5.69 Å². The quantitative estimate of drug-likeness (QED) is 0.481. The molecule has 0 atom stereocenters. The average Bonchev–Trinajstić information content (AvgIpc) is 2.30. The van der Waals surface area contributed by atoms with Gasteiger partial charge in [-0.1, -0.05) is 0 Å². The van der Waals surface area contributed by atoms with Crippen LogP contribution in [-0.4, -0.2) is 16.8 Å². The van der Waals surface area contributed by atoms with Crippen LogP contribution in [-0.2, 0) is 9.59 Å². The zero-order valence-electron chi connectivity index (χ0n) is 10.3. The lowest BCUT2D eigenvalue weighted by Crippen LogP contribution is -2.20. The third-order valence-electron chi connectivity index (χ3n) is 2.44. The van der Waals surface area contributed by atoms with E-state index in [4.69, 9.17) is 0 Å². The molecule has 1 aromatic rings. The minimum Gasteiger partial charge on any atom is -0.545 e. The van der Waals surface area contributed by atoms with Gasteiger partial charge in [-0.2, -0.15) is 0 Å². The number of hydrogen-bond donors (Lipinski definition) is 1. The van der Waals surface area contributed by atoms with E-state index in [1.54, 1.807) is 13.8 Å². The molecule has 0 aliphatic heterocycles. The molecule has 1 N–H and O–H groups in total. The predicted molar refractivity (Wildman–Crippen MR) is 65.3 cm³/mol. The Bertz CT molecular complexity index is 578. The highest BCUT2D eigenvalue weighted by Gasteiger charge is 2.16. The van der Waals surface area contributed by atoms with Crippen LogP contribution in [0.25, 0.3) is 0 Å². The summed E-state index contributed by atoms with van der Waals surface area (Å²) < 4.78 is 0. The smallest absolute Gasteiger partial charge is 0.293 e. The molecule has 0 bridgehead atoms. The number of carboxylic acids is 1. The van der Waals surface area contributed by atoms with Crippen molar-refractivity contribution in [3.05, 3.63) is 45.5 Å². The monoisotopic (exact) mass is 263 g/mol. The number of benzene rings is 1. The fourth-order valence-electron chi connectivity index (χ4n) is 1.37. The number of carbonyl (C=O) groups is 2. The Balaban J connectivity index is 3.06. The number of amides is 1. The van der Waals surface area contributed by atoms with Gasteiger partial charge in [0.05, 0.1) is 10.9 Å². The predicted octanol–water partition coefficient (Wildman–Crippen LogP) is 0.456. The average molecular weight is 263 g/mol. The molecule has 0 aliphatic carbocycles. The second-order valence-corrected chi connectivity index (χ2v) is 3.85. The molecule has 19 heavy (non-hydrogen) atoms. The fraction of sp³-hybridized carbons (Fsp3) is 0.167. The lowest BCUT2D eigenvalue weighted by atomic mass is 10.1. The summed E-state index contributed by atoms with van der Waals surface area (Å²) in [6, 6.07) is 2.80. The fourth-order valence-corrected chi connectivity index (χ4v) is 1.37. The van der Waals surface area contributed by atoms with Gasteiger partial charge in [-0.25, -0.2) is 0 Å². The van der Waals surface area contributed by atoms with E-state index in [-0.39, 0.29) is 11.4 Å². The second kappa shape index (κ2) is 5.76. The van der Waals surface area contributed by atoms with Crippen LogP contribution in [0.15, 0.2) is 24.3 Å². The minimum absolute atomic E-state index is 0.0149. The lowest BCUT2D eigenvalue weighted by molar-refractivity contribution is -0.384. The van der Waals surface area contributed by atoms with Crippen molar-refractivity contribution in [1.82, 2.24) is 0 Å². The molecule has 0 unspecified atom stereocenters. The summed E-state index contributed by atoms with van der Waals surface area (Å²) in [5.41, 5.74) is 1.25. The number of nitro groups is 1. The van der Waals surface area contributed by atoms with Gasteiger partial charge >= 0.3 is 0 Å². The molecule has 100 valence electrons. The first-order chi connectivity index (χ1) is 8.81. The van der Waals surface area contributed by atoms with Crippen LogP contribution in [0.4, 0.5) is 11.4 Å². The Labute approximate surface area is 108 Å². The summed E-state index contributed by atoms with van der Waals surface area (Å²) in [5, 5.41) is 23.3. The van der Waals surface area contributed by atoms with Crippen molar-refractivity contribution in [1.29, 1.82) is 0 Å². The minimum atomic E-state index is -1.52. The van der Waals surface area contributed by atoms with E-state index >= 15 is 0 Å². The van der Waals surface area contributed by atoms with Crippen molar-refractivity contribution < 1.29 is 19.6 Å². The number of carbonyl (C=O) groups excluding carboxylic acids is 2. The van der Waals surface area contributed by atoms with Crippen molar-refractivity contribution >= 4 is 23.3 Å². The second-order valence-electron chi connectivity index (χ2n) is 3.85. The van der Waals surface area contributed by atoms with Crippen molar-refractivity contribution in [2.75, 3.05) is 5.32 Å². The molecule has 1 amide bonds. The first-order valence-corrected chi connectivity index (χ1v) is 5.27. The van der Waals surface area contributed by atoms with Crippen LogP contribution in [0.2, 0.25) is 0 Å². The third kappa shape index (κ3) is 3.91. The molecule has 7 heteroatoms. The van der Waals surface area contributed by atoms with Gasteiger partial charge in [0.25, 0.3) is 5.69 Å². The molecule has 1 aromatic carbocycles. The molecule has 7 nitrogen and oxygen atoms in total. The molecule has 0 aliphatic rings. The molecule has 0 aromatic heterocycles. The Morgan fingerprint density at radius 2 is 1.79 bits per heavy atom. The summed E-state index contributed by atoms with van der Waals surface area (Å²) in [7, 11) is 0. The maximum atomic E-state index is 11.4. The normalized spacial score (nSPS) is 10.4. The van der Waals surface area contributed by atoms with E-state index in [1.807, 2.05) is 0 Å². The van der Waals surface area contributed by atoms with E-state index in [1.165, 1.54) is 12.1 Å². The number of aliphatic carboxylic acids is 1. The number of hydrogen-bond acceptors (Lipinski definition) is 5. The molecule has 1 rings (SSSR count). The summed E-state index contributed by atoms with van der Waals surface area (Å²) in [6.07, 6.45) is 1.27. The lowest BCUT2D eigenvalue weighted by Gasteiger charge is -2.07. The van der Waals surface area contributed by atoms with Crippen molar-refractivity contribution in [3.63, 3.8) is 0 Å². The highest BCUT2D eigenvalue weighted by molar-refractivity contribution is 6.03. The zero-order chi connectivity index (χ0) is 14.6. The van der Waals surface area contributed by atoms with Crippen LogP contribution in [0.5, 0.6) is 0 Å². The summed E-state index contributed by atoms with van der Waals surface area (Å²) in [5.74, 6) is -2.31. The number of aryl methyl sites for hydroxylation is 2. The van der Waals surface area contributed by atoms with Crippen LogP contribution in [0.3, 0.4) is 0 Å². The van der Waals surface area contributed by atoms with Crippen LogP contribution < -0.4 is 10.4 Å². The molecule has 0 spiro atoms. The van der Waals surface area contributed by atoms with Gasteiger partial charge in [0.2, 0.25) is 5.91 Å². The maximum Gasteiger partial charge on any atom is 0.293 e. The Morgan fingerprint density at radius 1 is 1.21 bits per heavy atom. The Hall–Kier alpha value is -2.70. The van der Waals surface area contributed by atoms with E-state index in [0.29, 0.717) is 6.08 Å². The number of nitrogens with zero attached hydrogens (tertiary/aromatic N) is 1. The van der Waals surface area contributed by atoms with Crippen LogP contribution in [0, 0.1) is 24.0 Å². The highest BCUT2D eigenvalue weighted by atomic mass is 16.6. The zero-order valence-corrected chi connectivity index (χ0v) is 10.3. The van der Waals surface area contributed by atoms with E-state index in [9.17, 15) is 24.8 Å². The van der Waals surface area contributed by atoms with Crippen LogP contribution in [0.1, 0.15) is 11.1 Å². The summed E-state index contributed by atoms with van der Waals surface area (Å²) >= 11 is 0. The van der Waals surface area contributed by atoms with Gasteiger partial charge in [0.15, 0.2) is 0 Å². The maximum absolute atomic E-state index is 11.4. The number of anilines is 1. The largest absolute Gasteiger partial charge is 0.545 e. The summed E-state index contributed by atoms with van der Waals surface area (Å²) in [4.78, 5) is 31.8. The first-order valence-electron chi connectivity index (χ1n) is 5.27. The van der Waals surface area contributed by atoms with Gasteiger partial charge in [0, 0.05) is 12.1 Å². The molecule has 0 heterocycles. The molecular formula is C12H11N2O5-. The molecule has 0 radical (unpaired) electrons. The Kier molecular flexibility index (Phi) is 4.36. The topological polar surface area (TPSA) is 112 Å². The van der Waals surface area contributed by atoms with Gasteiger partial charge in [-0.3, -0.25) is 14.9 Å². The van der Waals surface area contributed by atoms with Crippen molar-refractivity contribution in [2.45, 2.75) is 13.8 Å².